The Morgan fingerprint density at radius 1 is 1.44 bits per heavy atom. The number of methoxy groups -OCH3 is 2. The number of hydrogen-bond acceptors (Lipinski definition) is 4. The molecule has 0 spiro atoms. The van der Waals surface area contributed by atoms with E-state index in [-0.39, 0.29) is 5.91 Å². The van der Waals surface area contributed by atoms with Crippen LogP contribution in [-0.2, 0) is 9.53 Å². The summed E-state index contributed by atoms with van der Waals surface area (Å²) in [5, 5.41) is 2.82. The highest BCUT2D eigenvalue weighted by Gasteiger charge is 2.31. The zero-order valence-electron chi connectivity index (χ0n) is 11.5. The molecule has 5 heteroatoms. The molecule has 0 saturated heterocycles. The van der Waals surface area contributed by atoms with Crippen molar-refractivity contribution in [3.63, 3.8) is 0 Å². The number of nitrogens with zero attached hydrogens (tertiary/aromatic N) is 1. The van der Waals surface area contributed by atoms with E-state index < -0.39 is 5.60 Å². The summed E-state index contributed by atoms with van der Waals surface area (Å²) >= 11 is 0. The first-order valence-electron chi connectivity index (χ1n) is 5.85. The Morgan fingerprint density at radius 3 is 2.56 bits per heavy atom. The Balaban J connectivity index is 2.88. The number of nitrogens with one attached hydrogen (secondary N) is 1. The van der Waals surface area contributed by atoms with Crippen LogP contribution in [0.5, 0.6) is 5.88 Å². The molecule has 0 saturated carbocycles. The van der Waals surface area contributed by atoms with Gasteiger partial charge in [-0.15, -0.1) is 0 Å². The molecule has 18 heavy (non-hydrogen) atoms. The van der Waals surface area contributed by atoms with Crippen molar-refractivity contribution < 1.29 is 14.3 Å². The lowest BCUT2D eigenvalue weighted by molar-refractivity contribution is -0.136. The lowest BCUT2D eigenvalue weighted by atomic mass is 10.0. The number of aromatic nitrogens is 1. The Bertz CT molecular complexity index is 428. The first kappa shape index (κ1) is 14.4. The van der Waals surface area contributed by atoms with Crippen LogP contribution in [0.25, 0.3) is 0 Å². The average Bonchev–Trinajstić information content (AvgIpc) is 2.39. The predicted octanol–water partition coefficient (Wildman–Crippen LogP) is 2.15. The first-order valence-corrected chi connectivity index (χ1v) is 5.85. The summed E-state index contributed by atoms with van der Waals surface area (Å²) in [6, 6.07) is 3.48. The SMILES string of the molecule is CC[C@](C)(OC)C(=O)Nc1ccc(OC)nc1C. The van der Waals surface area contributed by atoms with Crippen LogP contribution in [0.3, 0.4) is 0 Å². The van der Waals surface area contributed by atoms with Crippen LogP contribution in [0.15, 0.2) is 12.1 Å². The Morgan fingerprint density at radius 2 is 2.11 bits per heavy atom. The van der Waals surface area contributed by atoms with Gasteiger partial charge < -0.3 is 14.8 Å². The van der Waals surface area contributed by atoms with E-state index in [9.17, 15) is 4.79 Å². The summed E-state index contributed by atoms with van der Waals surface area (Å²) in [4.78, 5) is 16.3. The molecule has 0 aromatic carbocycles. The van der Waals surface area contributed by atoms with Gasteiger partial charge >= 0.3 is 0 Å². The number of pyridine rings is 1. The fraction of sp³-hybridized carbons (Fsp3) is 0.538. The summed E-state index contributed by atoms with van der Waals surface area (Å²) in [6.45, 7) is 5.48. The molecule has 0 aliphatic heterocycles. The molecular weight excluding hydrogens is 232 g/mol. The standard InChI is InChI=1S/C13H20N2O3/c1-6-13(3,18-5)12(16)15-10-7-8-11(17-4)14-9(10)2/h7-8H,6H2,1-5H3,(H,15,16)/t13-/m0/s1. The number of carbonyl (C=O) groups excluding carboxylic acids is 1. The van der Waals surface area contributed by atoms with Gasteiger partial charge in [-0.2, -0.15) is 0 Å². The molecule has 0 fully saturated rings. The molecule has 1 aromatic heterocycles. The second-order valence-electron chi connectivity index (χ2n) is 4.23. The van der Waals surface area contributed by atoms with Crippen LogP contribution in [0.2, 0.25) is 0 Å². The van der Waals surface area contributed by atoms with Crippen molar-refractivity contribution in [2.75, 3.05) is 19.5 Å². The summed E-state index contributed by atoms with van der Waals surface area (Å²) < 4.78 is 10.3. The highest BCUT2D eigenvalue weighted by Crippen LogP contribution is 2.21. The van der Waals surface area contributed by atoms with E-state index in [1.165, 1.54) is 7.11 Å². The van der Waals surface area contributed by atoms with Gasteiger partial charge in [0.05, 0.1) is 18.5 Å². The number of ether oxygens (including phenoxy) is 2. The second kappa shape index (κ2) is 5.82. The zero-order chi connectivity index (χ0) is 13.8. The highest BCUT2D eigenvalue weighted by atomic mass is 16.5. The van der Waals surface area contributed by atoms with Crippen molar-refractivity contribution in [1.29, 1.82) is 0 Å². The normalized spacial score (nSPS) is 13.8. The zero-order valence-corrected chi connectivity index (χ0v) is 11.5. The third kappa shape index (κ3) is 2.98. The second-order valence-corrected chi connectivity index (χ2v) is 4.23. The van der Waals surface area contributed by atoms with Crippen LogP contribution in [-0.4, -0.2) is 30.7 Å². The molecule has 0 bridgehead atoms. The lowest BCUT2D eigenvalue weighted by Crippen LogP contribution is -2.41. The number of hydrogen-bond donors (Lipinski definition) is 1. The quantitative estimate of drug-likeness (QED) is 0.872. The molecule has 0 radical (unpaired) electrons. The fourth-order valence-corrected chi connectivity index (χ4v) is 1.44. The molecular formula is C13H20N2O3. The third-order valence-electron chi connectivity index (χ3n) is 3.12. The lowest BCUT2D eigenvalue weighted by Gasteiger charge is -2.25. The van der Waals surface area contributed by atoms with Crippen molar-refractivity contribution in [3.8, 4) is 5.88 Å². The van der Waals surface area contributed by atoms with E-state index in [1.807, 2.05) is 13.8 Å². The molecule has 1 heterocycles. The van der Waals surface area contributed by atoms with Crippen LogP contribution >= 0.6 is 0 Å². The van der Waals surface area contributed by atoms with E-state index in [4.69, 9.17) is 9.47 Å². The van der Waals surface area contributed by atoms with Gasteiger partial charge in [0.2, 0.25) is 5.88 Å². The minimum Gasteiger partial charge on any atom is -0.481 e. The molecule has 100 valence electrons. The monoisotopic (exact) mass is 252 g/mol. The van der Waals surface area contributed by atoms with E-state index in [0.717, 1.165) is 0 Å². The minimum atomic E-state index is -0.827. The van der Waals surface area contributed by atoms with Crippen molar-refractivity contribution in [3.05, 3.63) is 17.8 Å². The van der Waals surface area contributed by atoms with Crippen molar-refractivity contribution in [2.24, 2.45) is 0 Å². The Hall–Kier alpha value is -1.62. The van der Waals surface area contributed by atoms with Gasteiger partial charge in [0.1, 0.15) is 5.60 Å². The maximum absolute atomic E-state index is 12.1. The number of carbonyl (C=O) groups is 1. The van der Waals surface area contributed by atoms with Crippen molar-refractivity contribution >= 4 is 11.6 Å². The fourth-order valence-electron chi connectivity index (χ4n) is 1.44. The van der Waals surface area contributed by atoms with Crippen LogP contribution < -0.4 is 10.1 Å². The predicted molar refractivity (Wildman–Crippen MR) is 69.9 cm³/mol. The Labute approximate surface area is 108 Å². The number of rotatable bonds is 5. The van der Waals surface area contributed by atoms with Crippen molar-refractivity contribution in [2.45, 2.75) is 32.8 Å². The molecule has 0 unspecified atom stereocenters. The van der Waals surface area contributed by atoms with E-state index in [2.05, 4.69) is 10.3 Å². The van der Waals surface area contributed by atoms with E-state index in [1.54, 1.807) is 26.2 Å². The van der Waals surface area contributed by atoms with Gasteiger partial charge in [-0.05, 0) is 26.3 Å². The molecule has 1 N–H and O–H groups in total. The van der Waals surface area contributed by atoms with Crippen molar-refractivity contribution in [1.82, 2.24) is 4.98 Å². The third-order valence-corrected chi connectivity index (χ3v) is 3.12. The first-order chi connectivity index (χ1) is 8.46. The maximum atomic E-state index is 12.1. The van der Waals surface area contributed by atoms with Gasteiger partial charge in [0.15, 0.2) is 0 Å². The minimum absolute atomic E-state index is 0.178. The van der Waals surface area contributed by atoms with Crippen LogP contribution in [0.4, 0.5) is 5.69 Å². The average molecular weight is 252 g/mol. The topological polar surface area (TPSA) is 60.5 Å². The number of amides is 1. The summed E-state index contributed by atoms with van der Waals surface area (Å²) in [5.41, 5.74) is 0.543. The summed E-state index contributed by atoms with van der Waals surface area (Å²) in [5.74, 6) is 0.345. The number of aryl methyl sites for hydroxylation is 1. The van der Waals surface area contributed by atoms with Crippen LogP contribution in [0, 0.1) is 6.92 Å². The largest absolute Gasteiger partial charge is 0.481 e. The van der Waals surface area contributed by atoms with Gasteiger partial charge in [0.25, 0.3) is 5.91 Å². The molecule has 1 aromatic rings. The van der Waals surface area contributed by atoms with E-state index in [0.29, 0.717) is 23.7 Å². The smallest absolute Gasteiger partial charge is 0.256 e. The molecule has 0 aliphatic rings. The summed E-state index contributed by atoms with van der Waals surface area (Å²) in [6.07, 6.45) is 0.595. The maximum Gasteiger partial charge on any atom is 0.256 e. The van der Waals surface area contributed by atoms with Gasteiger partial charge in [-0.25, -0.2) is 4.98 Å². The van der Waals surface area contributed by atoms with Crippen LogP contribution in [0.1, 0.15) is 26.0 Å². The van der Waals surface area contributed by atoms with Gasteiger partial charge in [-0.1, -0.05) is 6.92 Å². The summed E-state index contributed by atoms with van der Waals surface area (Å²) in [7, 11) is 3.08. The Kier molecular flexibility index (Phi) is 4.67. The van der Waals surface area contributed by atoms with Gasteiger partial charge in [0, 0.05) is 13.2 Å². The highest BCUT2D eigenvalue weighted by molar-refractivity contribution is 5.97. The van der Waals surface area contributed by atoms with Gasteiger partial charge in [-0.3, -0.25) is 4.79 Å². The van der Waals surface area contributed by atoms with E-state index >= 15 is 0 Å². The number of anilines is 1. The molecule has 1 atom stereocenters. The molecule has 1 amide bonds. The molecule has 0 aliphatic carbocycles. The molecule has 5 nitrogen and oxygen atoms in total. The molecule has 1 rings (SSSR count).